The highest BCUT2D eigenvalue weighted by Gasteiger charge is 2.14. The van der Waals surface area contributed by atoms with Crippen molar-refractivity contribution in [3.8, 4) is 5.88 Å². The molecule has 0 aliphatic rings. The van der Waals surface area contributed by atoms with Gasteiger partial charge in [0.2, 0.25) is 5.88 Å². The first-order chi connectivity index (χ1) is 9.08. The Morgan fingerprint density at radius 3 is 2.42 bits per heavy atom. The Morgan fingerprint density at radius 2 is 1.79 bits per heavy atom. The first kappa shape index (κ1) is 12.6. The van der Waals surface area contributed by atoms with E-state index >= 15 is 0 Å². The molecule has 0 unspecified atom stereocenters. The lowest BCUT2D eigenvalue weighted by Crippen LogP contribution is -2.27. The van der Waals surface area contributed by atoms with Crippen molar-refractivity contribution in [3.05, 3.63) is 68.4 Å². The molecule has 6 nitrogen and oxygen atoms in total. The first-order valence-corrected chi connectivity index (χ1v) is 5.41. The minimum atomic E-state index is -0.927. The molecule has 19 heavy (non-hydrogen) atoms. The van der Waals surface area contributed by atoms with Crippen LogP contribution in [0.1, 0.15) is 15.9 Å². The zero-order valence-electron chi connectivity index (χ0n) is 9.71. The third-order valence-corrected chi connectivity index (χ3v) is 2.40. The predicted molar refractivity (Wildman–Crippen MR) is 69.2 cm³/mol. The zero-order valence-corrected chi connectivity index (χ0v) is 9.71. The first-order valence-electron chi connectivity index (χ1n) is 5.41. The number of aromatic amines is 2. The molecule has 1 heterocycles. The molecular formula is C13H10N2O4. The van der Waals surface area contributed by atoms with Crippen LogP contribution in [-0.2, 0) is 0 Å². The van der Waals surface area contributed by atoms with Crippen LogP contribution < -0.4 is 11.2 Å². The number of nitrogens with one attached hydrogen (secondary N) is 2. The molecule has 0 radical (unpaired) electrons. The van der Waals surface area contributed by atoms with Crippen LogP contribution in [0.15, 0.2) is 46.0 Å². The zero-order chi connectivity index (χ0) is 13.8. The van der Waals surface area contributed by atoms with Crippen LogP contribution in [0.2, 0.25) is 0 Å². The van der Waals surface area contributed by atoms with Gasteiger partial charge >= 0.3 is 5.69 Å². The summed E-state index contributed by atoms with van der Waals surface area (Å²) in [5.74, 6) is -1.43. The summed E-state index contributed by atoms with van der Waals surface area (Å²) in [5.41, 5.74) is -1.52. The van der Waals surface area contributed by atoms with Crippen LogP contribution in [0.5, 0.6) is 5.88 Å². The normalized spacial score (nSPS) is 10.7. The standard InChI is InChI=1S/C13H10N2O4/c16-9(7-6-8-4-2-1-3-5-8)10-11(17)14-13(19)15-12(10)18/h1-7H,(H3,14,15,17,18,19)/b7-6+. The van der Waals surface area contributed by atoms with Crippen LogP contribution in [-0.4, -0.2) is 20.9 Å². The minimum Gasteiger partial charge on any atom is -0.494 e. The minimum absolute atomic E-state index is 0.494. The van der Waals surface area contributed by atoms with E-state index < -0.39 is 28.5 Å². The number of H-pyrrole nitrogens is 2. The van der Waals surface area contributed by atoms with Crippen LogP contribution >= 0.6 is 0 Å². The molecule has 2 aromatic rings. The molecule has 1 aromatic heterocycles. The smallest absolute Gasteiger partial charge is 0.328 e. The van der Waals surface area contributed by atoms with Gasteiger partial charge in [-0.2, -0.15) is 0 Å². The Labute approximate surface area is 107 Å². The summed E-state index contributed by atoms with van der Waals surface area (Å²) >= 11 is 0. The molecular weight excluding hydrogens is 248 g/mol. The Balaban J connectivity index is 2.34. The molecule has 0 spiro atoms. The number of rotatable bonds is 3. The van der Waals surface area contributed by atoms with Gasteiger partial charge in [0.15, 0.2) is 5.78 Å². The number of allylic oxidation sites excluding steroid dienone is 1. The van der Waals surface area contributed by atoms with Gasteiger partial charge in [0.25, 0.3) is 5.56 Å². The van der Waals surface area contributed by atoms with Crippen LogP contribution in [0.25, 0.3) is 6.08 Å². The number of hydrogen-bond acceptors (Lipinski definition) is 4. The third-order valence-electron chi connectivity index (χ3n) is 2.40. The third kappa shape index (κ3) is 2.86. The summed E-state index contributed by atoms with van der Waals surface area (Å²) in [6.45, 7) is 0. The molecule has 2 rings (SSSR count). The lowest BCUT2D eigenvalue weighted by Gasteiger charge is -1.97. The van der Waals surface area contributed by atoms with E-state index in [1.807, 2.05) is 16.0 Å². The average Bonchev–Trinajstić information content (AvgIpc) is 2.36. The van der Waals surface area contributed by atoms with Gasteiger partial charge in [0.05, 0.1) is 0 Å². The number of ketones is 1. The van der Waals surface area contributed by atoms with Crippen LogP contribution in [0, 0.1) is 0 Å². The Hall–Kier alpha value is -2.89. The van der Waals surface area contributed by atoms with E-state index in [-0.39, 0.29) is 0 Å². The fourth-order valence-electron chi connectivity index (χ4n) is 1.52. The van der Waals surface area contributed by atoms with Gasteiger partial charge in [-0.1, -0.05) is 36.4 Å². The molecule has 0 aliphatic carbocycles. The van der Waals surface area contributed by atoms with Crippen LogP contribution in [0.3, 0.4) is 0 Å². The van der Waals surface area contributed by atoms with Gasteiger partial charge in [0.1, 0.15) is 5.56 Å². The van der Waals surface area contributed by atoms with E-state index in [0.717, 1.165) is 11.6 Å². The summed E-state index contributed by atoms with van der Waals surface area (Å²) in [5, 5.41) is 9.41. The van der Waals surface area contributed by atoms with Gasteiger partial charge in [-0.25, -0.2) is 4.79 Å². The van der Waals surface area contributed by atoms with E-state index in [1.165, 1.54) is 6.08 Å². The molecule has 0 atom stereocenters. The second-order valence-electron chi connectivity index (χ2n) is 3.74. The predicted octanol–water partition coefficient (Wildman–Crippen LogP) is 0.665. The fraction of sp³-hybridized carbons (Fsp3) is 0. The molecule has 96 valence electrons. The molecule has 0 saturated heterocycles. The van der Waals surface area contributed by atoms with Gasteiger partial charge in [-0.15, -0.1) is 0 Å². The number of aromatic nitrogens is 2. The van der Waals surface area contributed by atoms with Crippen molar-refractivity contribution in [1.29, 1.82) is 0 Å². The number of aromatic hydroxyl groups is 1. The number of carbonyl (C=O) groups excluding carboxylic acids is 1. The van der Waals surface area contributed by atoms with E-state index in [0.29, 0.717) is 0 Å². The molecule has 6 heteroatoms. The van der Waals surface area contributed by atoms with Crippen LogP contribution in [0.4, 0.5) is 0 Å². The second-order valence-corrected chi connectivity index (χ2v) is 3.74. The summed E-state index contributed by atoms with van der Waals surface area (Å²) in [7, 11) is 0. The van der Waals surface area contributed by atoms with E-state index in [4.69, 9.17) is 0 Å². The molecule has 0 amide bonds. The lowest BCUT2D eigenvalue weighted by atomic mass is 10.1. The van der Waals surface area contributed by atoms with Crippen molar-refractivity contribution < 1.29 is 9.90 Å². The average molecular weight is 258 g/mol. The largest absolute Gasteiger partial charge is 0.494 e. The van der Waals surface area contributed by atoms with Crippen molar-refractivity contribution in [2.45, 2.75) is 0 Å². The maximum Gasteiger partial charge on any atom is 0.328 e. The van der Waals surface area contributed by atoms with Gasteiger partial charge < -0.3 is 5.11 Å². The van der Waals surface area contributed by atoms with Crippen molar-refractivity contribution in [2.24, 2.45) is 0 Å². The maximum atomic E-state index is 11.8. The topological polar surface area (TPSA) is 103 Å². The highest BCUT2D eigenvalue weighted by molar-refractivity contribution is 6.07. The van der Waals surface area contributed by atoms with Gasteiger partial charge in [-0.3, -0.25) is 19.6 Å². The molecule has 0 bridgehead atoms. The quantitative estimate of drug-likeness (QED) is 0.556. The Kier molecular flexibility index (Phi) is 3.42. The second kappa shape index (κ2) is 5.18. The van der Waals surface area contributed by atoms with Gasteiger partial charge in [-0.05, 0) is 11.6 Å². The van der Waals surface area contributed by atoms with E-state index in [9.17, 15) is 19.5 Å². The maximum absolute atomic E-state index is 11.8. The summed E-state index contributed by atoms with van der Waals surface area (Å²) in [4.78, 5) is 37.9. The lowest BCUT2D eigenvalue weighted by molar-refractivity contribution is 0.104. The number of benzene rings is 1. The monoisotopic (exact) mass is 258 g/mol. The van der Waals surface area contributed by atoms with Crippen molar-refractivity contribution >= 4 is 11.9 Å². The summed E-state index contributed by atoms with van der Waals surface area (Å²) in [6.07, 6.45) is 2.66. The number of carbonyl (C=O) groups is 1. The highest BCUT2D eigenvalue weighted by atomic mass is 16.3. The van der Waals surface area contributed by atoms with Gasteiger partial charge in [0, 0.05) is 0 Å². The SMILES string of the molecule is O=C(/C=C/c1ccccc1)c1c(O)[nH]c(=O)[nH]c1=O. The fourth-order valence-corrected chi connectivity index (χ4v) is 1.52. The van der Waals surface area contributed by atoms with Crippen molar-refractivity contribution in [1.82, 2.24) is 9.97 Å². The molecule has 0 fully saturated rings. The van der Waals surface area contributed by atoms with Crippen molar-refractivity contribution in [3.63, 3.8) is 0 Å². The highest BCUT2D eigenvalue weighted by Crippen LogP contribution is 2.08. The molecule has 0 aliphatic heterocycles. The Bertz CT molecular complexity index is 741. The summed E-state index contributed by atoms with van der Waals surface area (Å²) in [6, 6.07) is 8.99. The Morgan fingerprint density at radius 1 is 1.11 bits per heavy atom. The summed E-state index contributed by atoms with van der Waals surface area (Å²) < 4.78 is 0. The van der Waals surface area contributed by atoms with E-state index in [1.54, 1.807) is 24.3 Å². The van der Waals surface area contributed by atoms with E-state index in [2.05, 4.69) is 0 Å². The van der Waals surface area contributed by atoms with Crippen molar-refractivity contribution in [2.75, 3.05) is 0 Å². The molecule has 3 N–H and O–H groups in total. The molecule has 1 aromatic carbocycles. The molecule has 0 saturated carbocycles. The number of hydrogen-bond donors (Lipinski definition) is 3.